The molecule has 0 aliphatic carbocycles. The molecule has 1 aromatic heterocycles. The van der Waals surface area contributed by atoms with Gasteiger partial charge in [-0.25, -0.2) is 4.98 Å². The summed E-state index contributed by atoms with van der Waals surface area (Å²) >= 11 is 1.60. The molecular weight excluding hydrogens is 326 g/mol. The largest absolute Gasteiger partial charge is 0.457 e. The van der Waals surface area contributed by atoms with Crippen LogP contribution in [0.15, 0.2) is 35.5 Å². The third-order valence-electron chi connectivity index (χ3n) is 3.26. The molecule has 24 heavy (non-hydrogen) atoms. The van der Waals surface area contributed by atoms with Crippen LogP contribution in [0.25, 0.3) is 10.2 Å². The molecule has 0 radical (unpaired) electrons. The van der Waals surface area contributed by atoms with Crippen molar-refractivity contribution in [1.82, 2.24) is 4.98 Å². The molecule has 2 N–H and O–H groups in total. The van der Waals surface area contributed by atoms with Crippen LogP contribution in [0.2, 0.25) is 0 Å². The monoisotopic (exact) mass is 343 g/mol. The summed E-state index contributed by atoms with van der Waals surface area (Å²) < 4.78 is 6.01. The van der Waals surface area contributed by atoms with Gasteiger partial charge in [0, 0.05) is 12.1 Å². The number of Topliss-reactive ketones (excluding diaryl/α,β-unsaturated/α-hetero) is 1. The van der Waals surface area contributed by atoms with E-state index in [1.54, 1.807) is 17.4 Å². The molecule has 0 bridgehead atoms. The maximum absolute atomic E-state index is 11.7. The minimum Gasteiger partial charge on any atom is -0.457 e. The first-order valence-electron chi connectivity index (χ1n) is 7.41. The molecule has 0 atom stereocenters. The number of aryl methyl sites for hydroxylation is 1. The number of carbonyl (C=O) groups excluding carboxylic acids is 2. The summed E-state index contributed by atoms with van der Waals surface area (Å²) in [6.07, 6.45) is 1.45. The first-order chi connectivity index (χ1) is 11.5. The van der Waals surface area contributed by atoms with Crippen LogP contribution in [0.4, 0.5) is 0 Å². The number of fused-ring (bicyclic) bond motifs is 1. The fourth-order valence-electron chi connectivity index (χ4n) is 2.07. The van der Waals surface area contributed by atoms with Gasteiger partial charge in [0.2, 0.25) is 5.78 Å². The molecule has 0 unspecified atom stereocenters. The normalized spacial score (nSPS) is 11.7. The topological polar surface area (TPSA) is 106 Å². The molecule has 0 saturated heterocycles. The van der Waals surface area contributed by atoms with Crippen molar-refractivity contribution in [1.29, 1.82) is 5.26 Å². The summed E-state index contributed by atoms with van der Waals surface area (Å²) in [4.78, 5) is 27.8. The third kappa shape index (κ3) is 4.64. The highest BCUT2D eigenvalue weighted by atomic mass is 32.1. The number of nitrogens with zero attached hydrogens (tertiary/aromatic N) is 2. The van der Waals surface area contributed by atoms with Crippen molar-refractivity contribution in [3.8, 4) is 6.07 Å². The van der Waals surface area contributed by atoms with Crippen molar-refractivity contribution in [2.75, 3.05) is 6.61 Å². The van der Waals surface area contributed by atoms with E-state index in [-0.39, 0.29) is 17.7 Å². The lowest BCUT2D eigenvalue weighted by Gasteiger charge is -2.04. The second-order valence-electron chi connectivity index (χ2n) is 5.18. The zero-order valence-corrected chi connectivity index (χ0v) is 14.1. The van der Waals surface area contributed by atoms with Crippen molar-refractivity contribution in [2.24, 2.45) is 5.73 Å². The Bertz CT molecular complexity index is 796. The fraction of sp³-hybridized carbons (Fsp3) is 0.294. The molecule has 124 valence electrons. The van der Waals surface area contributed by atoms with Crippen molar-refractivity contribution < 1.29 is 14.3 Å². The number of ether oxygens (including phenoxy) is 1. The second-order valence-corrected chi connectivity index (χ2v) is 6.30. The maximum Gasteiger partial charge on any atom is 0.306 e. The van der Waals surface area contributed by atoms with Crippen LogP contribution in [0.3, 0.4) is 0 Å². The van der Waals surface area contributed by atoms with E-state index in [1.807, 2.05) is 24.3 Å². The molecule has 0 fully saturated rings. The molecular formula is C17H17N3O3S. The maximum atomic E-state index is 11.7. The number of thiazole rings is 1. The third-order valence-corrected chi connectivity index (χ3v) is 4.36. The number of benzene rings is 1. The molecule has 1 aromatic carbocycles. The predicted molar refractivity (Wildman–Crippen MR) is 91.0 cm³/mol. The second kappa shape index (κ2) is 8.22. The van der Waals surface area contributed by atoms with E-state index in [1.165, 1.54) is 6.92 Å². The van der Waals surface area contributed by atoms with Crippen LogP contribution in [-0.2, 0) is 20.7 Å². The first-order valence-corrected chi connectivity index (χ1v) is 8.22. The van der Waals surface area contributed by atoms with E-state index < -0.39 is 18.4 Å². The Kier molecular flexibility index (Phi) is 6.04. The molecule has 0 aliphatic heterocycles. The van der Waals surface area contributed by atoms with Crippen molar-refractivity contribution in [2.45, 2.75) is 26.2 Å². The first kappa shape index (κ1) is 17.6. The summed E-state index contributed by atoms with van der Waals surface area (Å²) in [6.45, 7) is 0.994. The van der Waals surface area contributed by atoms with Crippen LogP contribution in [0.5, 0.6) is 0 Å². The average molecular weight is 343 g/mol. The Labute approximate surface area is 143 Å². The van der Waals surface area contributed by atoms with Gasteiger partial charge >= 0.3 is 5.97 Å². The van der Waals surface area contributed by atoms with Crippen LogP contribution >= 0.6 is 11.3 Å². The standard InChI is InChI=1S/C17H17N3O3S/c1-11(19)12(9-18)14(21)10-23-17(22)8-4-7-16-20-13-5-2-3-6-15(13)24-16/h2-3,5-6H,4,7-8,10,19H2,1H3/b12-11+. The number of carbonyl (C=O) groups is 2. The minimum absolute atomic E-state index is 0.120. The van der Waals surface area contributed by atoms with E-state index in [9.17, 15) is 9.59 Å². The van der Waals surface area contributed by atoms with Crippen LogP contribution in [0.1, 0.15) is 24.8 Å². The number of allylic oxidation sites excluding steroid dienone is 1. The lowest BCUT2D eigenvalue weighted by atomic mass is 10.1. The molecule has 0 saturated carbocycles. The molecule has 7 heteroatoms. The summed E-state index contributed by atoms with van der Waals surface area (Å²) in [6, 6.07) is 9.57. The van der Waals surface area contributed by atoms with E-state index >= 15 is 0 Å². The van der Waals surface area contributed by atoms with Crippen molar-refractivity contribution in [3.05, 3.63) is 40.5 Å². The minimum atomic E-state index is -0.586. The molecule has 2 aromatic rings. The van der Waals surface area contributed by atoms with E-state index in [0.717, 1.165) is 15.2 Å². The van der Waals surface area contributed by atoms with Gasteiger partial charge in [-0.3, -0.25) is 9.59 Å². The van der Waals surface area contributed by atoms with Crippen LogP contribution in [-0.4, -0.2) is 23.3 Å². The number of ketones is 1. The summed E-state index contributed by atoms with van der Waals surface area (Å²) in [5, 5.41) is 9.77. The Balaban J connectivity index is 1.76. The Morgan fingerprint density at radius 3 is 2.79 bits per heavy atom. The number of hydrogen-bond acceptors (Lipinski definition) is 7. The molecule has 0 amide bonds. The zero-order valence-electron chi connectivity index (χ0n) is 13.2. The molecule has 1 heterocycles. The van der Waals surface area contributed by atoms with Crippen molar-refractivity contribution in [3.63, 3.8) is 0 Å². The Morgan fingerprint density at radius 1 is 1.38 bits per heavy atom. The fourth-order valence-corrected chi connectivity index (χ4v) is 3.08. The van der Waals surface area contributed by atoms with Crippen LogP contribution in [0, 0.1) is 11.3 Å². The van der Waals surface area contributed by atoms with E-state index in [4.69, 9.17) is 15.7 Å². The van der Waals surface area contributed by atoms with Gasteiger partial charge in [0.15, 0.2) is 6.61 Å². The lowest BCUT2D eigenvalue weighted by molar-refractivity contribution is -0.147. The molecule has 6 nitrogen and oxygen atoms in total. The Morgan fingerprint density at radius 2 is 2.12 bits per heavy atom. The van der Waals surface area contributed by atoms with Gasteiger partial charge in [0.1, 0.15) is 11.6 Å². The van der Waals surface area contributed by atoms with Gasteiger partial charge in [-0.1, -0.05) is 12.1 Å². The number of para-hydroxylation sites is 1. The molecule has 0 aliphatic rings. The summed E-state index contributed by atoms with van der Waals surface area (Å²) in [7, 11) is 0. The number of esters is 1. The Hall–Kier alpha value is -2.72. The van der Waals surface area contributed by atoms with Gasteiger partial charge in [-0.15, -0.1) is 11.3 Å². The van der Waals surface area contributed by atoms with Gasteiger partial charge in [-0.05, 0) is 31.9 Å². The lowest BCUT2D eigenvalue weighted by Crippen LogP contribution is -2.17. The smallest absolute Gasteiger partial charge is 0.306 e. The SMILES string of the molecule is C/C(N)=C(/C#N)C(=O)COC(=O)CCCc1nc2ccccc2s1. The van der Waals surface area contributed by atoms with Crippen LogP contribution < -0.4 is 5.73 Å². The summed E-state index contributed by atoms with van der Waals surface area (Å²) in [5.74, 6) is -1.06. The van der Waals surface area contributed by atoms with E-state index in [2.05, 4.69) is 4.98 Å². The number of nitrogens with two attached hydrogens (primary N) is 1. The molecule has 2 rings (SSSR count). The highest BCUT2D eigenvalue weighted by Gasteiger charge is 2.14. The highest BCUT2D eigenvalue weighted by Crippen LogP contribution is 2.22. The zero-order chi connectivity index (χ0) is 17.5. The number of nitriles is 1. The van der Waals surface area contributed by atoms with Crippen molar-refractivity contribution >= 4 is 33.3 Å². The highest BCUT2D eigenvalue weighted by molar-refractivity contribution is 7.18. The van der Waals surface area contributed by atoms with Gasteiger partial charge in [-0.2, -0.15) is 5.26 Å². The number of rotatable bonds is 7. The predicted octanol–water partition coefficient (Wildman–Crippen LogP) is 2.49. The van der Waals surface area contributed by atoms with Gasteiger partial charge < -0.3 is 10.5 Å². The summed E-state index contributed by atoms with van der Waals surface area (Å²) in [5.41, 5.74) is 6.33. The average Bonchev–Trinajstić information content (AvgIpc) is 2.96. The van der Waals surface area contributed by atoms with Gasteiger partial charge in [0.25, 0.3) is 0 Å². The quantitative estimate of drug-likeness (QED) is 0.470. The number of hydrogen-bond donors (Lipinski definition) is 1. The van der Waals surface area contributed by atoms with Gasteiger partial charge in [0.05, 0.1) is 15.2 Å². The van der Waals surface area contributed by atoms with E-state index in [0.29, 0.717) is 12.8 Å². The molecule has 0 spiro atoms. The number of aromatic nitrogens is 1.